The molecule has 2 aromatic rings. The first-order valence-corrected chi connectivity index (χ1v) is 8.83. The molecule has 0 aliphatic heterocycles. The van der Waals surface area contributed by atoms with Crippen LogP contribution in [0.15, 0.2) is 12.1 Å². The zero-order chi connectivity index (χ0) is 27.8. The van der Waals surface area contributed by atoms with Crippen molar-refractivity contribution >= 4 is 47.8 Å². The molecule has 0 radical (unpaired) electrons. The molecule has 186 valence electrons. The second kappa shape index (κ2) is 9.21. The highest BCUT2D eigenvalue weighted by Crippen LogP contribution is 2.40. The molecule has 0 atom stereocenters. The van der Waals surface area contributed by atoms with Gasteiger partial charge in [-0.2, -0.15) is 0 Å². The van der Waals surface area contributed by atoms with E-state index in [0.29, 0.717) is 12.1 Å². The van der Waals surface area contributed by atoms with Crippen LogP contribution in [0.4, 0.5) is 0 Å². The zero-order valence-corrected chi connectivity index (χ0v) is 17.0. The van der Waals surface area contributed by atoms with E-state index in [0.717, 1.165) is 0 Å². The second-order valence-corrected chi connectivity index (χ2v) is 6.60. The maximum atomic E-state index is 12.1. The Morgan fingerprint density at radius 2 is 0.667 bits per heavy atom. The lowest BCUT2D eigenvalue weighted by atomic mass is 9.80. The first-order valence-electron chi connectivity index (χ1n) is 8.83. The smallest absolute Gasteiger partial charge is 0.337 e. The monoisotopic (exact) mass is 506 g/mol. The average molecular weight is 506 g/mol. The van der Waals surface area contributed by atoms with Crippen LogP contribution in [0.3, 0.4) is 0 Å². The van der Waals surface area contributed by atoms with Gasteiger partial charge < -0.3 is 40.9 Å². The number of hydrogen-bond acceptors (Lipinski definition) is 8. The molecule has 0 heterocycles. The van der Waals surface area contributed by atoms with E-state index in [1.807, 2.05) is 0 Å². The van der Waals surface area contributed by atoms with E-state index in [1.165, 1.54) is 0 Å². The summed E-state index contributed by atoms with van der Waals surface area (Å²) in [6.45, 7) is 0. The fraction of sp³-hybridized carbons (Fsp3) is 0. The van der Waals surface area contributed by atoms with Crippen LogP contribution >= 0.6 is 0 Å². The predicted molar refractivity (Wildman–Crippen MR) is 108 cm³/mol. The van der Waals surface area contributed by atoms with Crippen molar-refractivity contribution in [2.75, 3.05) is 0 Å². The van der Waals surface area contributed by atoms with Gasteiger partial charge in [0.1, 0.15) is 0 Å². The van der Waals surface area contributed by atoms with Gasteiger partial charge in [0.15, 0.2) is 0 Å². The molecule has 0 aliphatic rings. The summed E-state index contributed by atoms with van der Waals surface area (Å²) in [5, 5.41) is 76.2. The molecule has 0 bridgehead atoms. The Kier molecular flexibility index (Phi) is 6.77. The third-order valence-corrected chi connectivity index (χ3v) is 4.70. The standard InChI is InChI=1S/C20H10O16/c21-13(22)4-2-1-3(6(14(23)24)7(4)15(25)26)5-8(16(27)28)10(18(31)32)12(20(35)36)11(19(33)34)9(5)17(29)30/h1-2H,(H,21,22)(H,23,24)(H,25,26)(H,27,28)(H,29,30)(H,31,32)(H,33,34)(H,35,36). The molecule has 0 spiro atoms. The van der Waals surface area contributed by atoms with E-state index < -0.39 is 103 Å². The molecule has 2 rings (SSSR count). The molecular formula is C20H10O16. The minimum atomic E-state index is -2.37. The van der Waals surface area contributed by atoms with E-state index >= 15 is 0 Å². The Balaban J connectivity index is 3.55. The Hall–Kier alpha value is -5.80. The summed E-state index contributed by atoms with van der Waals surface area (Å²) in [5.41, 5.74) is -15.6. The maximum absolute atomic E-state index is 12.1. The number of carboxylic acid groups (broad SMARTS) is 8. The third kappa shape index (κ3) is 4.12. The molecule has 36 heavy (non-hydrogen) atoms. The molecule has 0 fully saturated rings. The van der Waals surface area contributed by atoms with Crippen molar-refractivity contribution in [1.29, 1.82) is 0 Å². The van der Waals surface area contributed by atoms with Crippen LogP contribution in [0.1, 0.15) is 82.9 Å². The van der Waals surface area contributed by atoms with Gasteiger partial charge in [0.25, 0.3) is 0 Å². The summed E-state index contributed by atoms with van der Waals surface area (Å²) in [5.74, 6) is -18.3. The van der Waals surface area contributed by atoms with Crippen molar-refractivity contribution in [3.63, 3.8) is 0 Å². The Bertz CT molecular complexity index is 1390. The Morgan fingerprint density at radius 3 is 0.944 bits per heavy atom. The van der Waals surface area contributed by atoms with Crippen LogP contribution in [0, 0.1) is 0 Å². The van der Waals surface area contributed by atoms with Crippen LogP contribution in [-0.2, 0) is 0 Å². The molecule has 0 saturated heterocycles. The molecule has 16 nitrogen and oxygen atoms in total. The molecule has 8 N–H and O–H groups in total. The van der Waals surface area contributed by atoms with Crippen LogP contribution in [-0.4, -0.2) is 88.6 Å². The van der Waals surface area contributed by atoms with Gasteiger partial charge in [-0.1, -0.05) is 6.07 Å². The summed E-state index contributed by atoms with van der Waals surface area (Å²) in [6.07, 6.45) is 0. The van der Waals surface area contributed by atoms with Crippen molar-refractivity contribution in [2.45, 2.75) is 0 Å². The molecule has 0 aromatic heterocycles. The lowest BCUT2D eigenvalue weighted by Crippen LogP contribution is -2.26. The molecule has 0 saturated carbocycles. The summed E-state index contributed by atoms with van der Waals surface area (Å²) in [7, 11) is 0. The quantitative estimate of drug-likeness (QED) is 0.234. The fourth-order valence-corrected chi connectivity index (χ4v) is 3.52. The highest BCUT2D eigenvalue weighted by Gasteiger charge is 2.40. The summed E-state index contributed by atoms with van der Waals surface area (Å²) in [6, 6.07) is 0.849. The number of carboxylic acids is 8. The number of carbonyl (C=O) groups is 8. The summed E-state index contributed by atoms with van der Waals surface area (Å²) in [4.78, 5) is 94.8. The zero-order valence-electron chi connectivity index (χ0n) is 17.0. The van der Waals surface area contributed by atoms with Crippen molar-refractivity contribution < 1.29 is 79.2 Å². The average Bonchev–Trinajstić information content (AvgIpc) is 2.74. The van der Waals surface area contributed by atoms with Gasteiger partial charge >= 0.3 is 47.8 Å². The topological polar surface area (TPSA) is 298 Å². The van der Waals surface area contributed by atoms with E-state index in [9.17, 15) is 79.2 Å². The first kappa shape index (κ1) is 26.5. The Labute approximate surface area is 195 Å². The summed E-state index contributed by atoms with van der Waals surface area (Å²) < 4.78 is 0. The minimum Gasteiger partial charge on any atom is -0.478 e. The van der Waals surface area contributed by atoms with Gasteiger partial charge in [0.2, 0.25) is 0 Å². The maximum Gasteiger partial charge on any atom is 0.337 e. The van der Waals surface area contributed by atoms with E-state index in [4.69, 9.17) is 0 Å². The van der Waals surface area contributed by atoms with Crippen molar-refractivity contribution in [2.24, 2.45) is 0 Å². The lowest BCUT2D eigenvalue weighted by Gasteiger charge is -2.20. The largest absolute Gasteiger partial charge is 0.478 e. The van der Waals surface area contributed by atoms with Gasteiger partial charge in [0.05, 0.1) is 44.5 Å². The van der Waals surface area contributed by atoms with Crippen molar-refractivity contribution in [3.8, 4) is 11.1 Å². The predicted octanol–water partition coefficient (Wildman–Crippen LogP) is 0.939. The van der Waals surface area contributed by atoms with Crippen LogP contribution < -0.4 is 0 Å². The van der Waals surface area contributed by atoms with Crippen LogP contribution in [0.5, 0.6) is 0 Å². The van der Waals surface area contributed by atoms with Gasteiger partial charge in [0, 0.05) is 5.56 Å². The Morgan fingerprint density at radius 1 is 0.361 bits per heavy atom. The highest BCUT2D eigenvalue weighted by atomic mass is 16.4. The lowest BCUT2D eigenvalue weighted by molar-refractivity contribution is 0.0610. The summed E-state index contributed by atoms with van der Waals surface area (Å²) >= 11 is 0. The highest BCUT2D eigenvalue weighted by molar-refractivity contribution is 6.23. The van der Waals surface area contributed by atoms with Gasteiger partial charge in [-0.25, -0.2) is 38.4 Å². The molecular weight excluding hydrogens is 496 g/mol. The second-order valence-electron chi connectivity index (χ2n) is 6.60. The first-order chi connectivity index (χ1) is 16.6. The molecule has 0 amide bonds. The fourth-order valence-electron chi connectivity index (χ4n) is 3.52. The van der Waals surface area contributed by atoms with Gasteiger partial charge in [-0.3, -0.25) is 0 Å². The number of aromatic carboxylic acids is 8. The van der Waals surface area contributed by atoms with Crippen molar-refractivity contribution in [1.82, 2.24) is 0 Å². The number of hydrogen-bond donors (Lipinski definition) is 8. The SMILES string of the molecule is O=C(O)c1ccc(-c2c(C(=O)O)c(C(=O)O)c(C(=O)O)c(C(=O)O)c2C(=O)O)c(C(=O)O)c1C(=O)O. The van der Waals surface area contributed by atoms with Crippen molar-refractivity contribution in [3.05, 3.63) is 56.6 Å². The van der Waals surface area contributed by atoms with E-state index in [-0.39, 0.29) is 0 Å². The van der Waals surface area contributed by atoms with E-state index in [1.54, 1.807) is 0 Å². The van der Waals surface area contributed by atoms with Gasteiger partial charge in [-0.15, -0.1) is 0 Å². The molecule has 16 heteroatoms. The third-order valence-electron chi connectivity index (χ3n) is 4.70. The molecule has 0 unspecified atom stereocenters. The van der Waals surface area contributed by atoms with Crippen LogP contribution in [0.2, 0.25) is 0 Å². The van der Waals surface area contributed by atoms with Gasteiger partial charge in [-0.05, 0) is 11.6 Å². The van der Waals surface area contributed by atoms with Crippen LogP contribution in [0.25, 0.3) is 11.1 Å². The molecule has 0 aliphatic carbocycles. The van der Waals surface area contributed by atoms with E-state index in [2.05, 4.69) is 0 Å². The molecule has 2 aromatic carbocycles. The minimum absolute atomic E-state index is 0.422. The normalized spacial score (nSPS) is 10.3. The number of benzene rings is 2. The number of rotatable bonds is 9.